The van der Waals surface area contributed by atoms with E-state index >= 15 is 0 Å². The summed E-state index contributed by atoms with van der Waals surface area (Å²) < 4.78 is 11.3. The highest BCUT2D eigenvalue weighted by Crippen LogP contribution is 2.35. The first kappa shape index (κ1) is 36.1. The van der Waals surface area contributed by atoms with Crippen LogP contribution < -0.4 is 31.3 Å². The maximum absolute atomic E-state index is 14.2. The summed E-state index contributed by atoms with van der Waals surface area (Å²) in [4.78, 5) is 56.5. The summed E-state index contributed by atoms with van der Waals surface area (Å²) in [5.74, 6) is 2.01. The Kier molecular flexibility index (Phi) is 9.09. The smallest absolute Gasteiger partial charge is 0.335 e. The second-order valence-corrected chi connectivity index (χ2v) is 15.8. The molecule has 3 aromatic carbocycles. The Morgan fingerprint density at radius 3 is 2.16 bits per heavy atom. The average molecular weight is 783 g/mol. The van der Waals surface area contributed by atoms with E-state index in [4.69, 9.17) is 10.5 Å². The summed E-state index contributed by atoms with van der Waals surface area (Å²) in [6.45, 7) is 6.28. The second kappa shape index (κ2) is 14.6. The number of piperidine rings is 2. The zero-order valence-corrected chi connectivity index (χ0v) is 32.4. The van der Waals surface area contributed by atoms with Crippen molar-refractivity contribution in [3.05, 3.63) is 89.6 Å². The Labute approximate surface area is 334 Å². The first-order valence-corrected chi connectivity index (χ1v) is 20.2. The van der Waals surface area contributed by atoms with E-state index in [1.54, 1.807) is 9.47 Å². The molecule has 3 aromatic heterocycles. The number of hydrogen-bond donors (Lipinski definition) is 2. The summed E-state index contributed by atoms with van der Waals surface area (Å²) in [6, 6.07) is 24.0. The number of likely N-dealkylation sites (tertiary alicyclic amines) is 2. The van der Waals surface area contributed by atoms with Gasteiger partial charge in [-0.2, -0.15) is 5.10 Å². The fraction of sp³-hybridized carbons (Fsp3) is 0.381. The van der Waals surface area contributed by atoms with Crippen LogP contribution in [0.2, 0.25) is 0 Å². The third kappa shape index (κ3) is 6.41. The zero-order chi connectivity index (χ0) is 39.5. The molecule has 10 rings (SSSR count). The number of nitrogens with one attached hydrogen (secondary N) is 1. The van der Waals surface area contributed by atoms with Gasteiger partial charge in [0.25, 0.3) is 0 Å². The lowest BCUT2D eigenvalue weighted by molar-refractivity contribution is -0.120. The number of para-hydroxylation sites is 1. The number of nitrogens with two attached hydrogens (primary N) is 1. The Hall–Kier alpha value is -6.26. The predicted octanol–water partition coefficient (Wildman–Crippen LogP) is 4.28. The van der Waals surface area contributed by atoms with Crippen LogP contribution in [0.5, 0.6) is 11.5 Å². The number of aromatic nitrogens is 6. The number of anilines is 3. The molecule has 16 heteroatoms. The maximum atomic E-state index is 14.2. The highest BCUT2D eigenvalue weighted by molar-refractivity contribution is 6.09. The largest absolute Gasteiger partial charge is 0.457 e. The quantitative estimate of drug-likeness (QED) is 0.227. The second-order valence-electron chi connectivity index (χ2n) is 15.8. The van der Waals surface area contributed by atoms with Crippen LogP contribution in [-0.4, -0.2) is 109 Å². The van der Waals surface area contributed by atoms with Crippen molar-refractivity contribution >= 4 is 51.3 Å². The number of benzene rings is 3. The molecule has 4 fully saturated rings. The van der Waals surface area contributed by atoms with Gasteiger partial charge in [0, 0.05) is 88.5 Å². The fourth-order valence-corrected chi connectivity index (χ4v) is 9.34. The summed E-state index contributed by atoms with van der Waals surface area (Å²) in [5.41, 5.74) is 10.1. The van der Waals surface area contributed by atoms with Gasteiger partial charge in [0.2, 0.25) is 5.91 Å². The minimum Gasteiger partial charge on any atom is -0.457 e. The van der Waals surface area contributed by atoms with E-state index < -0.39 is 6.03 Å². The van der Waals surface area contributed by atoms with Crippen molar-refractivity contribution in [1.29, 1.82) is 0 Å². The van der Waals surface area contributed by atoms with Crippen LogP contribution in [0.25, 0.3) is 27.8 Å². The van der Waals surface area contributed by atoms with Crippen molar-refractivity contribution in [1.82, 2.24) is 44.0 Å². The van der Waals surface area contributed by atoms with Gasteiger partial charge in [0.1, 0.15) is 23.3 Å². The average Bonchev–Trinajstić information content (AvgIpc) is 3.71. The molecule has 4 saturated heterocycles. The van der Waals surface area contributed by atoms with Gasteiger partial charge in [-0.1, -0.05) is 18.2 Å². The Morgan fingerprint density at radius 1 is 0.759 bits per heavy atom. The number of nitrogen functional groups attached to an aromatic ring is 1. The van der Waals surface area contributed by atoms with Gasteiger partial charge in [-0.25, -0.2) is 19.6 Å². The number of nitrogens with zero attached hydrogens (tertiary/aromatic N) is 10. The van der Waals surface area contributed by atoms with Crippen LogP contribution in [0.4, 0.5) is 22.1 Å². The third-order valence-corrected chi connectivity index (χ3v) is 12.5. The number of ether oxygens (including phenoxy) is 1. The van der Waals surface area contributed by atoms with Crippen LogP contribution in [0, 0.1) is 0 Å². The molecule has 3 N–H and O–H groups in total. The van der Waals surface area contributed by atoms with Gasteiger partial charge in [0.15, 0.2) is 17.3 Å². The van der Waals surface area contributed by atoms with E-state index in [1.807, 2.05) is 77.0 Å². The van der Waals surface area contributed by atoms with Gasteiger partial charge in [-0.3, -0.25) is 33.7 Å². The molecule has 0 aliphatic carbocycles. The number of imide groups is 1. The lowest BCUT2D eigenvalue weighted by Gasteiger charge is -2.50. The molecule has 0 saturated carbocycles. The highest BCUT2D eigenvalue weighted by atomic mass is 16.5. The van der Waals surface area contributed by atoms with Crippen molar-refractivity contribution < 1.29 is 14.3 Å². The number of rotatable bonds is 8. The van der Waals surface area contributed by atoms with E-state index in [9.17, 15) is 14.4 Å². The van der Waals surface area contributed by atoms with Crippen LogP contribution in [0.15, 0.2) is 83.9 Å². The SMILES string of the molecule is Cn1nc(N2CCC(=O)NC2=O)c2ccc(N3CC(N4CCC(N5CCC(n6c(=O)n(-c7ccc(Oc8ccccc8)cc7)c7c(N)ncnc76)CC5)CC4)C3)cc21. The summed E-state index contributed by atoms with van der Waals surface area (Å²) in [6.07, 6.45) is 5.69. The lowest BCUT2D eigenvalue weighted by Crippen LogP contribution is -2.62. The van der Waals surface area contributed by atoms with Crippen molar-refractivity contribution in [3.8, 4) is 17.2 Å². The monoisotopic (exact) mass is 782 g/mol. The minimum absolute atomic E-state index is 0.00984. The Bertz CT molecular complexity index is 2560. The molecule has 0 spiro atoms. The number of imidazole rings is 1. The number of carbonyl (C=O) groups is 2. The molecule has 4 aliphatic rings. The Morgan fingerprint density at radius 2 is 1.43 bits per heavy atom. The minimum atomic E-state index is -0.425. The molecule has 0 radical (unpaired) electrons. The molecule has 58 heavy (non-hydrogen) atoms. The predicted molar refractivity (Wildman–Crippen MR) is 221 cm³/mol. The number of aryl methyl sites for hydroxylation is 1. The highest BCUT2D eigenvalue weighted by Gasteiger charge is 2.37. The van der Waals surface area contributed by atoms with E-state index in [0.717, 1.165) is 87.3 Å². The van der Waals surface area contributed by atoms with Gasteiger partial charge < -0.3 is 20.3 Å². The first-order chi connectivity index (χ1) is 28.3. The summed E-state index contributed by atoms with van der Waals surface area (Å²) >= 11 is 0. The van der Waals surface area contributed by atoms with Gasteiger partial charge in [-0.15, -0.1) is 0 Å². The molecular formula is C42H46N12O4. The summed E-state index contributed by atoms with van der Waals surface area (Å²) in [5, 5.41) is 7.93. The fourth-order valence-electron chi connectivity index (χ4n) is 9.34. The van der Waals surface area contributed by atoms with Crippen molar-refractivity contribution in [2.45, 2.75) is 50.2 Å². The molecule has 16 nitrogen and oxygen atoms in total. The lowest BCUT2D eigenvalue weighted by atomic mass is 9.95. The van der Waals surface area contributed by atoms with Gasteiger partial charge in [0.05, 0.1) is 11.2 Å². The maximum Gasteiger partial charge on any atom is 0.335 e. The molecule has 6 aromatic rings. The van der Waals surface area contributed by atoms with Crippen molar-refractivity contribution in [2.75, 3.05) is 61.3 Å². The molecule has 298 valence electrons. The van der Waals surface area contributed by atoms with Gasteiger partial charge in [-0.05, 0) is 80.3 Å². The number of fused-ring (bicyclic) bond motifs is 2. The standard InChI is InChI=1S/C42H46N12O4/c1-48-35-23-30(9-12-34(35)39(47-48)52-22-17-36(55)46-41(52)56)51-24-31(25-51)50-18-13-27(14-19-50)49-20-15-29(16-21-49)54-40-37(38(43)44-26-45-40)53(42(54)57)28-7-10-33(11-8-28)58-32-5-3-2-4-6-32/h2-12,23,26-27,29,31H,13-22,24-25H2,1H3,(H2,43,44,45)(H,46,55,56). The number of carbonyl (C=O) groups excluding carboxylic acids is 2. The molecule has 0 bridgehead atoms. The topological polar surface area (TPSA) is 165 Å². The van der Waals surface area contributed by atoms with E-state index in [0.29, 0.717) is 47.0 Å². The van der Waals surface area contributed by atoms with Crippen LogP contribution in [0.3, 0.4) is 0 Å². The summed E-state index contributed by atoms with van der Waals surface area (Å²) in [7, 11) is 1.89. The van der Waals surface area contributed by atoms with E-state index in [-0.39, 0.29) is 29.9 Å². The Balaban J connectivity index is 0.752. The van der Waals surface area contributed by atoms with E-state index in [1.165, 1.54) is 6.33 Å². The van der Waals surface area contributed by atoms with E-state index in [2.05, 4.69) is 47.2 Å². The molecular weight excluding hydrogens is 737 g/mol. The third-order valence-electron chi connectivity index (χ3n) is 12.5. The van der Waals surface area contributed by atoms with Crippen LogP contribution >= 0.6 is 0 Å². The van der Waals surface area contributed by atoms with Crippen LogP contribution in [-0.2, 0) is 11.8 Å². The molecule has 0 atom stereocenters. The number of hydrogen-bond acceptors (Lipinski definition) is 11. The molecule has 7 heterocycles. The molecule has 0 unspecified atom stereocenters. The van der Waals surface area contributed by atoms with Crippen molar-refractivity contribution in [2.24, 2.45) is 7.05 Å². The van der Waals surface area contributed by atoms with Crippen molar-refractivity contribution in [3.63, 3.8) is 0 Å². The number of urea groups is 1. The van der Waals surface area contributed by atoms with Gasteiger partial charge >= 0.3 is 11.7 Å². The number of amides is 3. The molecule has 4 aliphatic heterocycles. The molecule has 3 amide bonds. The normalized spacial score (nSPS) is 19.3. The first-order valence-electron chi connectivity index (χ1n) is 20.2. The van der Waals surface area contributed by atoms with Crippen LogP contribution in [0.1, 0.15) is 38.1 Å². The zero-order valence-electron chi connectivity index (χ0n) is 32.4.